The Balaban J connectivity index is 1.81. The summed E-state index contributed by atoms with van der Waals surface area (Å²) < 4.78 is 9.73. The van der Waals surface area contributed by atoms with Crippen LogP contribution in [0, 0.1) is 0 Å². The third kappa shape index (κ3) is 3.15. The number of fused-ring (bicyclic) bond motifs is 3. The summed E-state index contributed by atoms with van der Waals surface area (Å²) in [6.45, 7) is 0. The molecule has 0 radical (unpaired) electrons. The highest BCUT2D eigenvalue weighted by molar-refractivity contribution is 6.31. The summed E-state index contributed by atoms with van der Waals surface area (Å²) in [6.07, 6.45) is 0.499. The van der Waals surface area contributed by atoms with Crippen molar-refractivity contribution >= 4 is 34.4 Å². The van der Waals surface area contributed by atoms with Gasteiger partial charge in [-0.05, 0) is 41.5 Å². The summed E-state index contributed by atoms with van der Waals surface area (Å²) in [5, 5.41) is 4.99. The maximum Gasteiger partial charge on any atom is 0.337 e. The van der Waals surface area contributed by atoms with Gasteiger partial charge in [-0.3, -0.25) is 10.1 Å². The number of aromatic nitrogens is 1. The van der Waals surface area contributed by atoms with E-state index in [2.05, 4.69) is 10.3 Å². The van der Waals surface area contributed by atoms with E-state index < -0.39 is 12.0 Å². The minimum absolute atomic E-state index is 0.259. The highest BCUT2D eigenvalue weighted by atomic mass is 35.5. The Kier molecular flexibility index (Phi) is 4.83. The highest BCUT2D eigenvalue weighted by Crippen LogP contribution is 2.36. The van der Waals surface area contributed by atoms with Crippen LogP contribution in [0.25, 0.3) is 10.9 Å². The number of methoxy groups -OCH3 is 2. The molecule has 1 aromatic heterocycles. The number of benzene rings is 2. The number of esters is 2. The molecule has 3 aromatic rings. The van der Waals surface area contributed by atoms with E-state index in [1.54, 1.807) is 12.1 Å². The van der Waals surface area contributed by atoms with E-state index in [9.17, 15) is 9.59 Å². The van der Waals surface area contributed by atoms with Crippen molar-refractivity contribution in [2.75, 3.05) is 14.2 Å². The van der Waals surface area contributed by atoms with Crippen molar-refractivity contribution in [2.45, 2.75) is 18.5 Å². The second kappa shape index (κ2) is 7.30. The van der Waals surface area contributed by atoms with Crippen LogP contribution in [-0.2, 0) is 20.7 Å². The van der Waals surface area contributed by atoms with Gasteiger partial charge in [0, 0.05) is 28.0 Å². The minimum Gasteiger partial charge on any atom is -0.468 e. The number of aromatic amines is 1. The fourth-order valence-corrected chi connectivity index (χ4v) is 3.91. The van der Waals surface area contributed by atoms with Gasteiger partial charge in [-0.2, -0.15) is 0 Å². The third-order valence-corrected chi connectivity index (χ3v) is 5.35. The van der Waals surface area contributed by atoms with Crippen LogP contribution >= 0.6 is 11.6 Å². The number of ether oxygens (including phenoxy) is 2. The maximum absolute atomic E-state index is 12.3. The van der Waals surface area contributed by atoms with E-state index in [4.69, 9.17) is 21.1 Å². The summed E-state index contributed by atoms with van der Waals surface area (Å²) in [5.74, 6) is -0.713. The number of nitrogens with one attached hydrogen (secondary N) is 2. The Bertz CT molecular complexity index is 1060. The standard InChI is InChI=1S/C21H19ClN2O4/c1-27-20(25)12-5-3-11(4-6-12)18-19-15(10-17(24-18)21(26)28-2)14-9-13(22)7-8-16(14)23-19/h3-9,17-18,23-24H,10H2,1-2H3/t17-,18+/m1/s1. The zero-order chi connectivity index (χ0) is 19.8. The van der Waals surface area contributed by atoms with Crippen molar-refractivity contribution in [1.82, 2.24) is 10.3 Å². The van der Waals surface area contributed by atoms with Crippen LogP contribution in [0.3, 0.4) is 0 Å². The molecule has 0 saturated carbocycles. The third-order valence-electron chi connectivity index (χ3n) is 5.12. The average Bonchev–Trinajstić information content (AvgIpc) is 3.09. The van der Waals surface area contributed by atoms with Gasteiger partial charge < -0.3 is 14.5 Å². The molecule has 1 aliphatic heterocycles. The van der Waals surface area contributed by atoms with Crippen LogP contribution in [0.4, 0.5) is 0 Å². The predicted molar refractivity (Wildman–Crippen MR) is 106 cm³/mol. The zero-order valence-electron chi connectivity index (χ0n) is 15.4. The molecule has 2 heterocycles. The second-order valence-electron chi connectivity index (χ2n) is 6.70. The lowest BCUT2D eigenvalue weighted by atomic mass is 9.90. The molecule has 0 unspecified atom stereocenters. The number of halogens is 1. The molecule has 2 aromatic carbocycles. The molecular weight excluding hydrogens is 380 g/mol. The smallest absolute Gasteiger partial charge is 0.337 e. The molecule has 0 amide bonds. The van der Waals surface area contributed by atoms with Gasteiger partial charge in [-0.1, -0.05) is 23.7 Å². The molecule has 2 atom stereocenters. The highest BCUT2D eigenvalue weighted by Gasteiger charge is 2.34. The van der Waals surface area contributed by atoms with E-state index in [0.29, 0.717) is 17.0 Å². The maximum atomic E-state index is 12.3. The number of hydrogen-bond acceptors (Lipinski definition) is 5. The van der Waals surface area contributed by atoms with Crippen molar-refractivity contribution in [3.8, 4) is 0 Å². The van der Waals surface area contributed by atoms with Gasteiger partial charge in [-0.15, -0.1) is 0 Å². The van der Waals surface area contributed by atoms with Crippen molar-refractivity contribution in [3.05, 3.63) is 69.9 Å². The topological polar surface area (TPSA) is 80.4 Å². The van der Waals surface area contributed by atoms with Crippen LogP contribution in [-0.4, -0.2) is 37.2 Å². The van der Waals surface area contributed by atoms with E-state index >= 15 is 0 Å². The first-order valence-corrected chi connectivity index (χ1v) is 9.21. The molecule has 144 valence electrons. The lowest BCUT2D eigenvalue weighted by Crippen LogP contribution is -2.45. The Hall–Kier alpha value is -2.83. The van der Waals surface area contributed by atoms with E-state index in [1.807, 2.05) is 30.3 Å². The first-order valence-electron chi connectivity index (χ1n) is 8.84. The lowest BCUT2D eigenvalue weighted by molar-refractivity contribution is -0.143. The van der Waals surface area contributed by atoms with Gasteiger partial charge in [-0.25, -0.2) is 4.79 Å². The van der Waals surface area contributed by atoms with Crippen molar-refractivity contribution in [2.24, 2.45) is 0 Å². The quantitative estimate of drug-likeness (QED) is 0.661. The second-order valence-corrected chi connectivity index (χ2v) is 7.14. The van der Waals surface area contributed by atoms with E-state index in [0.717, 1.165) is 27.7 Å². The lowest BCUT2D eigenvalue weighted by Gasteiger charge is -2.30. The molecule has 28 heavy (non-hydrogen) atoms. The van der Waals surface area contributed by atoms with Crippen LogP contribution in [0.15, 0.2) is 42.5 Å². The first kappa shape index (κ1) is 18.5. The number of carbonyl (C=O) groups excluding carboxylic acids is 2. The van der Waals surface area contributed by atoms with Crippen molar-refractivity contribution in [3.63, 3.8) is 0 Å². The number of rotatable bonds is 3. The monoisotopic (exact) mass is 398 g/mol. The molecular formula is C21H19ClN2O4. The normalized spacial score (nSPS) is 18.5. The van der Waals surface area contributed by atoms with Gasteiger partial charge in [0.2, 0.25) is 0 Å². The molecule has 4 rings (SSSR count). The first-order chi connectivity index (χ1) is 13.5. The molecule has 0 saturated heterocycles. The zero-order valence-corrected chi connectivity index (χ0v) is 16.2. The predicted octanol–water partition coefficient (Wildman–Crippen LogP) is 3.38. The largest absolute Gasteiger partial charge is 0.468 e. The number of carbonyl (C=O) groups is 2. The Labute approximate surface area is 166 Å². The molecule has 6 nitrogen and oxygen atoms in total. The van der Waals surface area contributed by atoms with Crippen LogP contribution < -0.4 is 5.32 Å². The molecule has 0 fully saturated rings. The summed E-state index contributed by atoms with van der Waals surface area (Å²) in [5.41, 5.74) is 4.35. The van der Waals surface area contributed by atoms with Gasteiger partial charge >= 0.3 is 11.9 Å². The average molecular weight is 399 g/mol. The minimum atomic E-state index is -0.485. The Morgan fingerprint density at radius 1 is 1.07 bits per heavy atom. The van der Waals surface area contributed by atoms with Crippen LogP contribution in [0.1, 0.15) is 33.2 Å². The SMILES string of the molecule is COC(=O)c1ccc([C@@H]2N[C@@H](C(=O)OC)Cc3c2[nH]c2ccc(Cl)cc32)cc1. The van der Waals surface area contributed by atoms with Gasteiger partial charge in [0.05, 0.1) is 25.8 Å². The Morgan fingerprint density at radius 2 is 1.82 bits per heavy atom. The summed E-state index contributed by atoms with van der Waals surface area (Å²) >= 11 is 6.19. The fraction of sp³-hybridized carbons (Fsp3) is 0.238. The summed E-state index contributed by atoms with van der Waals surface area (Å²) in [6, 6.07) is 12.1. The molecule has 0 spiro atoms. The summed E-state index contributed by atoms with van der Waals surface area (Å²) in [7, 11) is 2.73. The summed E-state index contributed by atoms with van der Waals surface area (Å²) in [4.78, 5) is 27.4. The van der Waals surface area contributed by atoms with Gasteiger partial charge in [0.25, 0.3) is 0 Å². The molecule has 2 N–H and O–H groups in total. The van der Waals surface area contributed by atoms with Gasteiger partial charge in [0.1, 0.15) is 6.04 Å². The van der Waals surface area contributed by atoms with Gasteiger partial charge in [0.15, 0.2) is 0 Å². The van der Waals surface area contributed by atoms with Crippen LogP contribution in [0.2, 0.25) is 5.02 Å². The Morgan fingerprint density at radius 3 is 2.50 bits per heavy atom. The molecule has 0 bridgehead atoms. The molecule has 1 aliphatic rings. The molecule has 7 heteroatoms. The fourth-order valence-electron chi connectivity index (χ4n) is 3.74. The van der Waals surface area contributed by atoms with E-state index in [-0.39, 0.29) is 12.0 Å². The number of hydrogen-bond donors (Lipinski definition) is 2. The number of H-pyrrole nitrogens is 1. The van der Waals surface area contributed by atoms with Crippen molar-refractivity contribution < 1.29 is 19.1 Å². The van der Waals surface area contributed by atoms with Crippen molar-refractivity contribution in [1.29, 1.82) is 0 Å². The molecule has 0 aliphatic carbocycles. The van der Waals surface area contributed by atoms with Crippen LogP contribution in [0.5, 0.6) is 0 Å². The van der Waals surface area contributed by atoms with E-state index in [1.165, 1.54) is 14.2 Å².